The molecule has 7 nitrogen and oxygen atoms in total. The van der Waals surface area contributed by atoms with Gasteiger partial charge in [0.2, 0.25) is 0 Å². The van der Waals surface area contributed by atoms with Gasteiger partial charge in [-0.05, 0) is 25.7 Å². The Kier molecular flexibility index (Phi) is 8.44. The molecule has 0 spiro atoms. The van der Waals surface area contributed by atoms with E-state index in [1.807, 2.05) is 7.05 Å². The largest absolute Gasteiger partial charge is 0.379 e. The van der Waals surface area contributed by atoms with Crippen LogP contribution in [0.25, 0.3) is 0 Å². The van der Waals surface area contributed by atoms with E-state index in [4.69, 9.17) is 9.72 Å². The highest BCUT2D eigenvalue weighted by Gasteiger charge is 2.34. The molecule has 2 N–H and O–H groups in total. The Morgan fingerprint density at radius 2 is 1.87 bits per heavy atom. The monoisotopic (exact) mass is 448 g/mol. The van der Waals surface area contributed by atoms with Gasteiger partial charge in [0.15, 0.2) is 11.1 Å². The second-order valence-corrected chi connectivity index (χ2v) is 10.2. The fourth-order valence-corrected chi connectivity index (χ4v) is 6.11. The second kappa shape index (κ2) is 11.5. The lowest BCUT2D eigenvalue weighted by Crippen LogP contribution is -2.51. The highest BCUT2D eigenvalue weighted by Crippen LogP contribution is 2.36. The van der Waals surface area contributed by atoms with Crippen molar-refractivity contribution in [2.75, 3.05) is 71.0 Å². The topological polar surface area (TPSA) is 65.0 Å². The van der Waals surface area contributed by atoms with Crippen molar-refractivity contribution in [3.8, 4) is 0 Å². The lowest BCUT2D eigenvalue weighted by molar-refractivity contribution is 0.00820. The molecule has 1 aliphatic carbocycles. The molecule has 3 heterocycles. The number of anilines is 1. The second-order valence-electron chi connectivity index (χ2n) is 9.37. The van der Waals surface area contributed by atoms with Crippen LogP contribution in [0.2, 0.25) is 0 Å². The fraction of sp³-hybridized carbons (Fsp3) is 0.826. The first kappa shape index (κ1) is 22.8. The zero-order valence-electron chi connectivity index (χ0n) is 19.2. The third-order valence-electron chi connectivity index (χ3n) is 7.02. The van der Waals surface area contributed by atoms with Gasteiger partial charge in [-0.3, -0.25) is 9.89 Å². The quantitative estimate of drug-likeness (QED) is 0.471. The number of ether oxygens (including phenoxy) is 1. The van der Waals surface area contributed by atoms with E-state index >= 15 is 0 Å². The standard InChI is InChI=1S/C23H40N6OS/c1-24-21(25-10-7-20-17-31-22(27-20)29-11-5-6-12-29)26-18-23(8-3-2-4-9-23)19-28-13-15-30-16-14-28/h17H,2-16,18-19H2,1H3,(H2,24,25,26). The first-order valence-electron chi connectivity index (χ1n) is 12.2. The highest BCUT2D eigenvalue weighted by molar-refractivity contribution is 7.13. The maximum atomic E-state index is 5.56. The predicted octanol–water partition coefficient (Wildman–Crippen LogP) is 2.73. The first-order valence-corrected chi connectivity index (χ1v) is 13.1. The number of guanidine groups is 1. The van der Waals surface area contributed by atoms with E-state index in [1.165, 1.54) is 62.3 Å². The molecular weight excluding hydrogens is 408 g/mol. The molecule has 1 aromatic rings. The summed E-state index contributed by atoms with van der Waals surface area (Å²) < 4.78 is 5.56. The SMILES string of the molecule is CN=C(NCCc1csc(N2CCCC2)n1)NCC1(CN2CCOCC2)CCCCC1. The molecule has 2 saturated heterocycles. The number of nitrogens with one attached hydrogen (secondary N) is 2. The molecular formula is C23H40N6OS. The molecule has 4 rings (SSSR count). The Balaban J connectivity index is 1.23. The highest BCUT2D eigenvalue weighted by atomic mass is 32.1. The molecule has 31 heavy (non-hydrogen) atoms. The lowest BCUT2D eigenvalue weighted by Gasteiger charge is -2.42. The van der Waals surface area contributed by atoms with Crippen molar-refractivity contribution in [2.24, 2.45) is 10.4 Å². The Labute approximate surface area is 191 Å². The third-order valence-corrected chi connectivity index (χ3v) is 7.97. The average Bonchev–Trinajstić information content (AvgIpc) is 3.50. The van der Waals surface area contributed by atoms with Crippen LogP contribution in [0.15, 0.2) is 10.4 Å². The Morgan fingerprint density at radius 1 is 1.10 bits per heavy atom. The zero-order chi connectivity index (χ0) is 21.4. The number of nitrogens with zero attached hydrogens (tertiary/aromatic N) is 4. The maximum Gasteiger partial charge on any atom is 0.191 e. The minimum Gasteiger partial charge on any atom is -0.379 e. The van der Waals surface area contributed by atoms with Crippen LogP contribution >= 0.6 is 11.3 Å². The van der Waals surface area contributed by atoms with Crippen molar-refractivity contribution in [1.29, 1.82) is 0 Å². The summed E-state index contributed by atoms with van der Waals surface area (Å²) in [7, 11) is 1.87. The Morgan fingerprint density at radius 3 is 2.61 bits per heavy atom. The summed E-state index contributed by atoms with van der Waals surface area (Å²) in [4.78, 5) is 14.3. The van der Waals surface area contributed by atoms with Crippen LogP contribution in [0.5, 0.6) is 0 Å². The molecule has 0 unspecified atom stereocenters. The molecule has 0 radical (unpaired) electrons. The smallest absolute Gasteiger partial charge is 0.191 e. The van der Waals surface area contributed by atoms with Gasteiger partial charge >= 0.3 is 0 Å². The first-order chi connectivity index (χ1) is 15.3. The van der Waals surface area contributed by atoms with E-state index < -0.39 is 0 Å². The summed E-state index contributed by atoms with van der Waals surface area (Å²) in [5.41, 5.74) is 1.54. The van der Waals surface area contributed by atoms with Gasteiger partial charge in [-0.1, -0.05) is 19.3 Å². The number of morpholine rings is 1. The fourth-order valence-electron chi connectivity index (χ4n) is 5.19. The normalized spacial score (nSPS) is 22.6. The molecule has 1 saturated carbocycles. The van der Waals surface area contributed by atoms with Crippen molar-refractivity contribution in [3.63, 3.8) is 0 Å². The number of hydrogen-bond acceptors (Lipinski definition) is 6. The van der Waals surface area contributed by atoms with Crippen LogP contribution in [-0.4, -0.2) is 81.9 Å². The van der Waals surface area contributed by atoms with Crippen LogP contribution in [-0.2, 0) is 11.2 Å². The van der Waals surface area contributed by atoms with Crippen LogP contribution in [0.3, 0.4) is 0 Å². The minimum absolute atomic E-state index is 0.354. The van der Waals surface area contributed by atoms with Crippen molar-refractivity contribution < 1.29 is 4.74 Å². The molecule has 0 amide bonds. The number of aromatic nitrogens is 1. The van der Waals surface area contributed by atoms with Crippen LogP contribution < -0.4 is 15.5 Å². The van der Waals surface area contributed by atoms with E-state index in [-0.39, 0.29) is 0 Å². The van der Waals surface area contributed by atoms with Gasteiger partial charge < -0.3 is 20.3 Å². The zero-order valence-corrected chi connectivity index (χ0v) is 20.0. The van der Waals surface area contributed by atoms with E-state index in [2.05, 4.69) is 30.8 Å². The van der Waals surface area contributed by atoms with Crippen LogP contribution in [0.4, 0.5) is 5.13 Å². The number of rotatable bonds is 8. The number of hydrogen-bond donors (Lipinski definition) is 2. The van der Waals surface area contributed by atoms with Crippen LogP contribution in [0, 0.1) is 5.41 Å². The van der Waals surface area contributed by atoms with E-state index in [0.717, 1.165) is 64.9 Å². The molecule has 0 atom stereocenters. The molecule has 1 aromatic heterocycles. The summed E-state index contributed by atoms with van der Waals surface area (Å²) in [6, 6.07) is 0. The summed E-state index contributed by atoms with van der Waals surface area (Å²) >= 11 is 1.78. The Hall–Kier alpha value is -1.38. The van der Waals surface area contributed by atoms with Gasteiger partial charge in [-0.15, -0.1) is 11.3 Å². The number of thiazole rings is 1. The minimum atomic E-state index is 0.354. The van der Waals surface area contributed by atoms with Crippen molar-refractivity contribution >= 4 is 22.4 Å². The summed E-state index contributed by atoms with van der Waals surface area (Å²) in [5.74, 6) is 0.918. The van der Waals surface area contributed by atoms with E-state index in [0.29, 0.717) is 5.41 Å². The van der Waals surface area contributed by atoms with Gasteiger partial charge in [-0.2, -0.15) is 0 Å². The van der Waals surface area contributed by atoms with E-state index in [9.17, 15) is 0 Å². The van der Waals surface area contributed by atoms with Gasteiger partial charge in [0.05, 0.1) is 18.9 Å². The lowest BCUT2D eigenvalue weighted by atomic mass is 9.73. The Bertz CT molecular complexity index is 690. The molecule has 0 aromatic carbocycles. The van der Waals surface area contributed by atoms with Gasteiger partial charge in [0.1, 0.15) is 0 Å². The van der Waals surface area contributed by atoms with Gasteiger partial charge in [-0.25, -0.2) is 4.98 Å². The maximum absolute atomic E-state index is 5.56. The van der Waals surface area contributed by atoms with Crippen molar-refractivity contribution in [2.45, 2.75) is 51.4 Å². The molecule has 2 aliphatic heterocycles. The van der Waals surface area contributed by atoms with E-state index in [1.54, 1.807) is 11.3 Å². The van der Waals surface area contributed by atoms with Crippen molar-refractivity contribution in [1.82, 2.24) is 20.5 Å². The van der Waals surface area contributed by atoms with Crippen LogP contribution in [0.1, 0.15) is 50.6 Å². The molecule has 0 bridgehead atoms. The van der Waals surface area contributed by atoms with Gasteiger partial charge in [0, 0.05) is 70.1 Å². The molecule has 8 heteroatoms. The summed E-state index contributed by atoms with van der Waals surface area (Å²) in [5, 5.41) is 10.6. The number of aliphatic imine (C=N–C) groups is 1. The summed E-state index contributed by atoms with van der Waals surface area (Å²) in [6.45, 7) is 9.26. The third kappa shape index (κ3) is 6.56. The predicted molar refractivity (Wildman–Crippen MR) is 129 cm³/mol. The van der Waals surface area contributed by atoms with Gasteiger partial charge in [0.25, 0.3) is 0 Å². The molecule has 3 fully saturated rings. The average molecular weight is 449 g/mol. The summed E-state index contributed by atoms with van der Waals surface area (Å²) in [6.07, 6.45) is 10.2. The molecule has 174 valence electrons. The van der Waals surface area contributed by atoms with Crippen molar-refractivity contribution in [3.05, 3.63) is 11.1 Å². The molecule has 3 aliphatic rings.